The molecule has 1 saturated carbocycles. The molecular weight excluding hydrogens is 228 g/mol. The van der Waals surface area contributed by atoms with Gasteiger partial charge in [-0.2, -0.15) is 0 Å². The van der Waals surface area contributed by atoms with Gasteiger partial charge in [-0.05, 0) is 38.3 Å². The maximum atomic E-state index is 10.0. The zero-order valence-electron chi connectivity index (χ0n) is 11.8. The van der Waals surface area contributed by atoms with E-state index in [9.17, 15) is 5.11 Å². The number of aliphatic hydroxyl groups excluding tert-OH is 1. The zero-order valence-corrected chi connectivity index (χ0v) is 11.8. The molecule has 18 heavy (non-hydrogen) atoms. The number of hydrogen-bond acceptors (Lipinski definition) is 4. The molecule has 1 saturated heterocycles. The highest BCUT2D eigenvalue weighted by Crippen LogP contribution is 2.38. The average molecular weight is 256 g/mol. The highest BCUT2D eigenvalue weighted by atomic mass is 16.5. The number of likely N-dealkylation sites (N-methyl/N-ethyl adjacent to an activating group) is 1. The van der Waals surface area contributed by atoms with Crippen molar-refractivity contribution in [2.45, 2.75) is 51.4 Å². The van der Waals surface area contributed by atoms with E-state index in [2.05, 4.69) is 24.1 Å². The minimum atomic E-state index is -0.273. The van der Waals surface area contributed by atoms with Gasteiger partial charge < -0.3 is 20.1 Å². The first-order chi connectivity index (χ1) is 8.74. The molecule has 0 aromatic heterocycles. The fourth-order valence-electron chi connectivity index (χ4n) is 2.85. The van der Waals surface area contributed by atoms with Crippen LogP contribution in [0.3, 0.4) is 0 Å². The molecule has 106 valence electrons. The third kappa shape index (κ3) is 3.92. The molecule has 1 aliphatic carbocycles. The lowest BCUT2D eigenvalue weighted by Crippen LogP contribution is -2.44. The molecule has 1 aliphatic heterocycles. The van der Waals surface area contributed by atoms with Crippen LogP contribution in [-0.4, -0.2) is 61.0 Å². The molecule has 0 bridgehead atoms. The lowest BCUT2D eigenvalue weighted by atomic mass is 10.1. The monoisotopic (exact) mass is 256 g/mol. The van der Waals surface area contributed by atoms with Gasteiger partial charge in [0.2, 0.25) is 0 Å². The van der Waals surface area contributed by atoms with Crippen LogP contribution in [-0.2, 0) is 4.74 Å². The predicted molar refractivity (Wildman–Crippen MR) is 72.7 cm³/mol. The Morgan fingerprint density at radius 2 is 2.00 bits per heavy atom. The summed E-state index contributed by atoms with van der Waals surface area (Å²) in [6.45, 7) is 8.62. The Hall–Kier alpha value is -0.160. The summed E-state index contributed by atoms with van der Waals surface area (Å²) in [6.07, 6.45) is 3.88. The predicted octanol–water partition coefficient (Wildman–Crippen LogP) is 0.846. The quantitative estimate of drug-likeness (QED) is 0.676. The normalized spacial score (nSPS) is 30.0. The first-order valence-electron chi connectivity index (χ1n) is 7.50. The van der Waals surface area contributed by atoms with Crippen molar-refractivity contribution < 1.29 is 9.84 Å². The Bertz CT molecular complexity index is 242. The number of ether oxygens (including phenoxy) is 1. The second kappa shape index (κ2) is 6.85. The molecule has 2 rings (SSSR count). The Morgan fingerprint density at radius 1 is 1.28 bits per heavy atom. The van der Waals surface area contributed by atoms with Gasteiger partial charge >= 0.3 is 0 Å². The molecule has 4 nitrogen and oxygen atoms in total. The number of hydrogen-bond donors (Lipinski definition) is 2. The van der Waals surface area contributed by atoms with Crippen molar-refractivity contribution in [3.8, 4) is 0 Å². The maximum absolute atomic E-state index is 10.0. The van der Waals surface area contributed by atoms with Crippen molar-refractivity contribution in [1.29, 1.82) is 0 Å². The van der Waals surface area contributed by atoms with E-state index in [-0.39, 0.29) is 6.10 Å². The summed E-state index contributed by atoms with van der Waals surface area (Å²) in [5.41, 5.74) is 0. The van der Waals surface area contributed by atoms with Crippen LogP contribution < -0.4 is 5.32 Å². The molecule has 1 heterocycles. The molecule has 2 aliphatic rings. The van der Waals surface area contributed by atoms with Crippen molar-refractivity contribution in [3.63, 3.8) is 0 Å². The lowest BCUT2D eigenvalue weighted by molar-refractivity contribution is 0.0729. The second-order valence-electron chi connectivity index (χ2n) is 5.62. The standard InChI is InChI=1S/C14H28N2O2/c1-3-16(4-2)10-12(17)9-15-13-7-8-18-14(13)11-5-6-11/h11-15,17H,3-10H2,1-2H3. The Morgan fingerprint density at radius 3 is 2.61 bits per heavy atom. The van der Waals surface area contributed by atoms with Gasteiger partial charge in [-0.15, -0.1) is 0 Å². The lowest BCUT2D eigenvalue weighted by Gasteiger charge is -2.25. The summed E-state index contributed by atoms with van der Waals surface area (Å²) < 4.78 is 5.79. The summed E-state index contributed by atoms with van der Waals surface area (Å²) >= 11 is 0. The number of nitrogens with one attached hydrogen (secondary N) is 1. The fourth-order valence-corrected chi connectivity index (χ4v) is 2.85. The smallest absolute Gasteiger partial charge is 0.0791 e. The van der Waals surface area contributed by atoms with E-state index in [0.717, 1.165) is 38.6 Å². The average Bonchev–Trinajstić information content (AvgIpc) is 3.12. The van der Waals surface area contributed by atoms with E-state index in [1.165, 1.54) is 12.8 Å². The number of nitrogens with zero attached hydrogens (tertiary/aromatic N) is 1. The molecule has 0 aromatic carbocycles. The summed E-state index contributed by atoms with van der Waals surface area (Å²) in [4.78, 5) is 2.26. The van der Waals surface area contributed by atoms with E-state index < -0.39 is 0 Å². The van der Waals surface area contributed by atoms with Crippen LogP contribution in [0.1, 0.15) is 33.1 Å². The summed E-state index contributed by atoms with van der Waals surface area (Å²) in [6, 6.07) is 0.462. The molecule has 4 heteroatoms. The summed E-state index contributed by atoms with van der Waals surface area (Å²) in [5.74, 6) is 0.782. The zero-order chi connectivity index (χ0) is 13.0. The minimum absolute atomic E-state index is 0.273. The van der Waals surface area contributed by atoms with Gasteiger partial charge in [0, 0.05) is 25.7 Å². The van der Waals surface area contributed by atoms with Gasteiger partial charge in [-0.1, -0.05) is 13.8 Å². The molecule has 0 spiro atoms. The first kappa shape index (κ1) is 14.3. The van der Waals surface area contributed by atoms with Crippen molar-refractivity contribution in [2.24, 2.45) is 5.92 Å². The topological polar surface area (TPSA) is 44.7 Å². The minimum Gasteiger partial charge on any atom is -0.390 e. The van der Waals surface area contributed by atoms with Crippen LogP contribution in [0.15, 0.2) is 0 Å². The van der Waals surface area contributed by atoms with E-state index in [0.29, 0.717) is 18.7 Å². The third-order valence-electron chi connectivity index (χ3n) is 4.20. The van der Waals surface area contributed by atoms with Crippen LogP contribution in [0.25, 0.3) is 0 Å². The van der Waals surface area contributed by atoms with Gasteiger partial charge in [0.15, 0.2) is 0 Å². The second-order valence-corrected chi connectivity index (χ2v) is 5.62. The van der Waals surface area contributed by atoms with Gasteiger partial charge in [0.1, 0.15) is 0 Å². The van der Waals surface area contributed by atoms with Gasteiger partial charge in [0.05, 0.1) is 12.2 Å². The van der Waals surface area contributed by atoms with Crippen LogP contribution in [0.4, 0.5) is 0 Å². The van der Waals surface area contributed by atoms with Gasteiger partial charge in [0.25, 0.3) is 0 Å². The van der Waals surface area contributed by atoms with E-state index in [4.69, 9.17) is 4.74 Å². The van der Waals surface area contributed by atoms with Crippen molar-refractivity contribution in [1.82, 2.24) is 10.2 Å². The molecule has 3 unspecified atom stereocenters. The number of rotatable bonds is 8. The van der Waals surface area contributed by atoms with Gasteiger partial charge in [-0.3, -0.25) is 0 Å². The fraction of sp³-hybridized carbons (Fsp3) is 1.00. The van der Waals surface area contributed by atoms with Crippen molar-refractivity contribution in [3.05, 3.63) is 0 Å². The van der Waals surface area contributed by atoms with Crippen LogP contribution in [0, 0.1) is 5.92 Å². The molecule has 0 aromatic rings. The van der Waals surface area contributed by atoms with Crippen molar-refractivity contribution >= 4 is 0 Å². The number of aliphatic hydroxyl groups is 1. The van der Waals surface area contributed by atoms with E-state index in [1.54, 1.807) is 0 Å². The summed E-state index contributed by atoms with van der Waals surface area (Å²) in [7, 11) is 0. The van der Waals surface area contributed by atoms with Crippen LogP contribution in [0.5, 0.6) is 0 Å². The Labute approximate surface area is 111 Å². The molecule has 2 fully saturated rings. The largest absolute Gasteiger partial charge is 0.390 e. The van der Waals surface area contributed by atoms with Crippen LogP contribution >= 0.6 is 0 Å². The van der Waals surface area contributed by atoms with E-state index >= 15 is 0 Å². The Balaban J connectivity index is 1.66. The molecule has 0 radical (unpaired) electrons. The SMILES string of the molecule is CCN(CC)CC(O)CNC1CCOC1C1CC1. The third-order valence-corrected chi connectivity index (χ3v) is 4.20. The Kier molecular flexibility index (Phi) is 5.42. The van der Waals surface area contributed by atoms with E-state index in [1.807, 2.05) is 0 Å². The van der Waals surface area contributed by atoms with Crippen LogP contribution in [0.2, 0.25) is 0 Å². The highest BCUT2D eigenvalue weighted by molar-refractivity contribution is 4.93. The van der Waals surface area contributed by atoms with Crippen molar-refractivity contribution in [2.75, 3.05) is 32.8 Å². The van der Waals surface area contributed by atoms with Gasteiger partial charge in [-0.25, -0.2) is 0 Å². The molecule has 3 atom stereocenters. The molecule has 0 amide bonds. The first-order valence-corrected chi connectivity index (χ1v) is 7.50. The maximum Gasteiger partial charge on any atom is 0.0791 e. The molecule has 2 N–H and O–H groups in total. The summed E-state index contributed by atoms with van der Waals surface area (Å²) in [5, 5.41) is 13.5. The highest BCUT2D eigenvalue weighted by Gasteiger charge is 2.40. The molecular formula is C14H28N2O2.